The van der Waals surface area contributed by atoms with Crippen molar-refractivity contribution in [3.63, 3.8) is 0 Å². The van der Waals surface area contributed by atoms with Crippen molar-refractivity contribution in [2.45, 2.75) is 33.1 Å². The lowest BCUT2D eigenvalue weighted by Crippen LogP contribution is -2.26. The maximum atomic E-state index is 14.0. The first-order valence-corrected chi connectivity index (χ1v) is 12.6. The lowest BCUT2D eigenvalue weighted by atomic mass is 10.2. The van der Waals surface area contributed by atoms with Crippen LogP contribution in [0.25, 0.3) is 5.52 Å². The van der Waals surface area contributed by atoms with Crippen LogP contribution >= 0.6 is 7.60 Å². The fourth-order valence-corrected chi connectivity index (χ4v) is 5.63. The largest absolute Gasteiger partial charge is 0.497 e. The van der Waals surface area contributed by atoms with Gasteiger partial charge in [-0.15, -0.1) is 0 Å². The molecule has 0 bridgehead atoms. The van der Waals surface area contributed by atoms with E-state index in [4.69, 9.17) is 18.5 Å². The molecule has 0 saturated carbocycles. The van der Waals surface area contributed by atoms with Gasteiger partial charge in [0.05, 0.1) is 38.2 Å². The molecular weight excluding hydrogens is 443 g/mol. The molecule has 0 amide bonds. The van der Waals surface area contributed by atoms with Crippen LogP contribution in [-0.4, -0.2) is 37.3 Å². The van der Waals surface area contributed by atoms with E-state index in [0.29, 0.717) is 17.8 Å². The molecule has 0 saturated heterocycles. The van der Waals surface area contributed by atoms with Gasteiger partial charge < -0.3 is 22.9 Å². The Morgan fingerprint density at radius 2 is 1.73 bits per heavy atom. The number of nitrogens with zero attached hydrogens (tertiary/aromatic N) is 1. The average molecular weight is 474 g/mol. The Morgan fingerprint density at radius 1 is 1.03 bits per heavy atom. The van der Waals surface area contributed by atoms with Gasteiger partial charge in [0.1, 0.15) is 5.75 Å². The third-order valence-electron chi connectivity index (χ3n) is 5.07. The molecule has 0 aliphatic carbocycles. The van der Waals surface area contributed by atoms with Crippen molar-refractivity contribution in [3.05, 3.63) is 71.5 Å². The summed E-state index contributed by atoms with van der Waals surface area (Å²) in [6.07, 6.45) is 1.82. The third-order valence-corrected chi connectivity index (χ3v) is 7.36. The number of carbonyl (C=O) groups excluding carboxylic acids is 1. The monoisotopic (exact) mass is 474 g/mol. The standard InChI is InChI=1S/C24H31N2O6P/c1-5-30-24(27)21-16-19-10-8-9-15-26(19)22(21)23(33(28,31-6-2)32-7-3)25-17-18-11-13-20(29-4)14-12-18/h8-16,23,25H,5-7,17H2,1-4H3. The molecule has 0 radical (unpaired) electrons. The molecule has 33 heavy (non-hydrogen) atoms. The van der Waals surface area contributed by atoms with Crippen LogP contribution in [-0.2, 0) is 24.9 Å². The van der Waals surface area contributed by atoms with Gasteiger partial charge in [-0.1, -0.05) is 18.2 Å². The smallest absolute Gasteiger partial charge is 0.353 e. The van der Waals surface area contributed by atoms with E-state index in [0.717, 1.165) is 16.8 Å². The quantitative estimate of drug-likeness (QED) is 0.286. The highest BCUT2D eigenvalue weighted by Gasteiger charge is 2.41. The minimum absolute atomic E-state index is 0.191. The van der Waals surface area contributed by atoms with E-state index in [2.05, 4.69) is 5.32 Å². The number of ether oxygens (including phenoxy) is 2. The van der Waals surface area contributed by atoms with Crippen LogP contribution in [0.15, 0.2) is 54.7 Å². The van der Waals surface area contributed by atoms with Crippen molar-refractivity contribution >= 4 is 19.1 Å². The molecule has 2 heterocycles. The molecule has 178 valence electrons. The number of hydrogen-bond acceptors (Lipinski definition) is 7. The molecule has 1 N–H and O–H groups in total. The third kappa shape index (κ3) is 5.65. The first-order chi connectivity index (χ1) is 16.0. The van der Waals surface area contributed by atoms with Gasteiger partial charge in [0.15, 0.2) is 5.78 Å². The average Bonchev–Trinajstić information content (AvgIpc) is 3.19. The van der Waals surface area contributed by atoms with E-state index >= 15 is 0 Å². The number of benzene rings is 1. The number of hydrogen-bond donors (Lipinski definition) is 1. The number of carbonyl (C=O) groups is 1. The maximum absolute atomic E-state index is 14.0. The predicted octanol–water partition coefficient (Wildman–Crippen LogP) is 5.18. The summed E-state index contributed by atoms with van der Waals surface area (Å²) in [5, 5.41) is 3.33. The molecule has 1 unspecified atom stereocenters. The van der Waals surface area contributed by atoms with Gasteiger partial charge in [-0.05, 0) is 56.7 Å². The van der Waals surface area contributed by atoms with E-state index < -0.39 is 19.3 Å². The van der Waals surface area contributed by atoms with E-state index in [-0.39, 0.29) is 19.8 Å². The molecule has 3 aromatic rings. The molecule has 9 heteroatoms. The summed E-state index contributed by atoms with van der Waals surface area (Å²) >= 11 is 0. The molecule has 0 aliphatic rings. The Hall–Kier alpha value is -2.64. The zero-order valence-corrected chi connectivity index (χ0v) is 20.3. The second-order valence-electron chi connectivity index (χ2n) is 7.17. The number of aromatic nitrogens is 1. The SMILES string of the molecule is CCOC(=O)c1cc2ccccn2c1C(NCc1ccc(OC)cc1)P(=O)(OCC)OCC. The van der Waals surface area contributed by atoms with E-state index in [9.17, 15) is 9.36 Å². The van der Waals surface area contributed by atoms with E-state index in [1.54, 1.807) is 33.9 Å². The Labute approximate surface area is 194 Å². The van der Waals surface area contributed by atoms with Gasteiger partial charge in [-0.2, -0.15) is 0 Å². The molecular formula is C24H31N2O6P. The summed E-state index contributed by atoms with van der Waals surface area (Å²) in [5.41, 5.74) is 2.50. The molecule has 0 fully saturated rings. The van der Waals surface area contributed by atoms with Crippen LogP contribution in [0.2, 0.25) is 0 Å². The van der Waals surface area contributed by atoms with Gasteiger partial charge in [0.2, 0.25) is 0 Å². The number of esters is 1. The number of nitrogens with one attached hydrogen (secondary N) is 1. The van der Waals surface area contributed by atoms with Crippen LogP contribution < -0.4 is 10.1 Å². The van der Waals surface area contributed by atoms with Gasteiger partial charge in [-0.3, -0.25) is 9.88 Å². The predicted molar refractivity (Wildman–Crippen MR) is 127 cm³/mol. The van der Waals surface area contributed by atoms with Crippen LogP contribution in [0.4, 0.5) is 0 Å². The second kappa shape index (κ2) is 11.5. The molecule has 1 atom stereocenters. The molecule has 1 aromatic carbocycles. The Kier molecular flexibility index (Phi) is 8.69. The van der Waals surface area contributed by atoms with Crippen LogP contribution in [0, 0.1) is 0 Å². The molecule has 2 aromatic heterocycles. The Bertz CT molecular complexity index is 1100. The summed E-state index contributed by atoms with van der Waals surface area (Å²) in [6.45, 7) is 6.23. The van der Waals surface area contributed by atoms with Gasteiger partial charge in [0, 0.05) is 18.3 Å². The first kappa shape index (κ1) is 25.0. The van der Waals surface area contributed by atoms with Crippen molar-refractivity contribution in [3.8, 4) is 5.75 Å². The van der Waals surface area contributed by atoms with Crippen molar-refractivity contribution < 1.29 is 27.9 Å². The van der Waals surface area contributed by atoms with Crippen molar-refractivity contribution in [2.24, 2.45) is 0 Å². The highest BCUT2D eigenvalue weighted by Crippen LogP contribution is 2.60. The van der Waals surface area contributed by atoms with E-state index in [1.807, 2.05) is 53.1 Å². The van der Waals surface area contributed by atoms with Gasteiger partial charge in [0.25, 0.3) is 0 Å². The molecule has 0 spiro atoms. The highest BCUT2D eigenvalue weighted by atomic mass is 31.2. The Morgan fingerprint density at radius 3 is 2.33 bits per heavy atom. The van der Waals surface area contributed by atoms with Gasteiger partial charge >= 0.3 is 13.6 Å². The maximum Gasteiger partial charge on any atom is 0.353 e. The number of pyridine rings is 1. The second-order valence-corrected chi connectivity index (χ2v) is 9.28. The highest BCUT2D eigenvalue weighted by molar-refractivity contribution is 7.54. The summed E-state index contributed by atoms with van der Waals surface area (Å²) in [6, 6.07) is 14.9. The zero-order valence-electron chi connectivity index (χ0n) is 19.4. The zero-order chi connectivity index (χ0) is 23.8. The minimum atomic E-state index is -3.72. The minimum Gasteiger partial charge on any atom is -0.497 e. The fourth-order valence-electron chi connectivity index (χ4n) is 3.66. The topological polar surface area (TPSA) is 87.5 Å². The number of fused-ring (bicyclic) bond motifs is 1. The lowest BCUT2D eigenvalue weighted by molar-refractivity contribution is 0.0524. The van der Waals surface area contributed by atoms with Crippen LogP contribution in [0.5, 0.6) is 5.75 Å². The van der Waals surface area contributed by atoms with Crippen molar-refractivity contribution in [1.82, 2.24) is 9.72 Å². The van der Waals surface area contributed by atoms with Crippen molar-refractivity contribution in [1.29, 1.82) is 0 Å². The molecule has 0 aliphatic heterocycles. The summed E-state index contributed by atoms with van der Waals surface area (Å²) in [4.78, 5) is 12.9. The van der Waals surface area contributed by atoms with E-state index in [1.165, 1.54) is 0 Å². The van der Waals surface area contributed by atoms with Gasteiger partial charge in [-0.25, -0.2) is 4.79 Å². The Balaban J connectivity index is 2.11. The van der Waals surface area contributed by atoms with Crippen molar-refractivity contribution in [2.75, 3.05) is 26.9 Å². The summed E-state index contributed by atoms with van der Waals surface area (Å²) in [5.74, 6) is -0.664. The lowest BCUT2D eigenvalue weighted by Gasteiger charge is -2.28. The molecule has 8 nitrogen and oxygen atoms in total. The number of methoxy groups -OCH3 is 1. The fraction of sp³-hybridized carbons (Fsp3) is 0.375. The summed E-state index contributed by atoms with van der Waals surface area (Å²) in [7, 11) is -2.12. The summed E-state index contributed by atoms with van der Waals surface area (Å²) < 4.78 is 37.8. The molecule has 3 rings (SSSR count). The normalized spacial score (nSPS) is 12.6. The van der Waals surface area contributed by atoms with Crippen LogP contribution in [0.1, 0.15) is 48.2 Å². The van der Waals surface area contributed by atoms with Crippen LogP contribution in [0.3, 0.4) is 0 Å². The first-order valence-electron chi connectivity index (χ1n) is 11.0. The number of rotatable bonds is 12.